The van der Waals surface area contributed by atoms with E-state index in [2.05, 4.69) is 42.4 Å². The number of anilines is 1. The van der Waals surface area contributed by atoms with Crippen LogP contribution in [0.3, 0.4) is 0 Å². The van der Waals surface area contributed by atoms with Gasteiger partial charge in [-0.3, -0.25) is 4.68 Å². The van der Waals surface area contributed by atoms with Gasteiger partial charge in [-0.2, -0.15) is 10.2 Å². The van der Waals surface area contributed by atoms with Crippen LogP contribution in [-0.2, 0) is 13.1 Å². The molecule has 0 spiro atoms. The molecular formula is C13H21N5. The molecule has 0 atom stereocenters. The highest BCUT2D eigenvalue weighted by molar-refractivity contribution is 5.37. The maximum absolute atomic E-state index is 4.42. The summed E-state index contributed by atoms with van der Waals surface area (Å²) in [5.41, 5.74) is 2.23. The van der Waals surface area contributed by atoms with Gasteiger partial charge in [-0.1, -0.05) is 0 Å². The number of aryl methyl sites for hydroxylation is 2. The van der Waals surface area contributed by atoms with Gasteiger partial charge in [-0.15, -0.1) is 0 Å². The molecule has 2 aromatic heterocycles. The molecular weight excluding hydrogens is 226 g/mol. The Morgan fingerprint density at radius 3 is 2.83 bits per heavy atom. The van der Waals surface area contributed by atoms with Crippen molar-refractivity contribution in [2.24, 2.45) is 0 Å². The number of nitrogens with one attached hydrogen (secondary N) is 1. The van der Waals surface area contributed by atoms with Crippen LogP contribution in [0.4, 0.5) is 5.82 Å². The van der Waals surface area contributed by atoms with E-state index in [4.69, 9.17) is 0 Å². The molecule has 0 aliphatic carbocycles. The van der Waals surface area contributed by atoms with Crippen LogP contribution in [0.15, 0.2) is 18.3 Å². The molecule has 0 aliphatic rings. The average Bonchev–Trinajstić information content (AvgIpc) is 2.92. The summed E-state index contributed by atoms with van der Waals surface area (Å²) in [6, 6.07) is 4.50. The zero-order chi connectivity index (χ0) is 13.1. The Hall–Kier alpha value is -1.78. The second-order valence-corrected chi connectivity index (χ2v) is 4.70. The van der Waals surface area contributed by atoms with E-state index in [0.717, 1.165) is 24.6 Å². The van der Waals surface area contributed by atoms with E-state index in [1.807, 2.05) is 28.6 Å². The number of hydrogen-bond donors (Lipinski definition) is 1. The standard InChI is InChI=1S/C13H21N5/c1-5-17-13(8-11(4)16-17)14-9-12-6-7-15-18(12)10(2)3/h6-8,10,14H,5,9H2,1-4H3. The fourth-order valence-electron chi connectivity index (χ4n) is 2.06. The summed E-state index contributed by atoms with van der Waals surface area (Å²) < 4.78 is 4.01. The van der Waals surface area contributed by atoms with Gasteiger partial charge in [0.25, 0.3) is 0 Å². The normalized spacial score (nSPS) is 11.2. The van der Waals surface area contributed by atoms with Crippen LogP contribution in [-0.4, -0.2) is 19.6 Å². The lowest BCUT2D eigenvalue weighted by atomic mass is 10.3. The van der Waals surface area contributed by atoms with Crippen LogP contribution in [0.25, 0.3) is 0 Å². The molecule has 2 aromatic rings. The third-order valence-electron chi connectivity index (χ3n) is 2.89. The molecule has 0 aliphatic heterocycles. The Labute approximate surface area is 108 Å². The largest absolute Gasteiger partial charge is 0.365 e. The monoisotopic (exact) mass is 247 g/mol. The van der Waals surface area contributed by atoms with Crippen LogP contribution < -0.4 is 5.32 Å². The molecule has 98 valence electrons. The Bertz CT molecular complexity index is 509. The summed E-state index contributed by atoms with van der Waals surface area (Å²) in [4.78, 5) is 0. The van der Waals surface area contributed by atoms with Crippen LogP contribution in [0.1, 0.15) is 38.2 Å². The maximum atomic E-state index is 4.42. The summed E-state index contributed by atoms with van der Waals surface area (Å²) >= 11 is 0. The predicted octanol–water partition coefficient (Wildman–Crippen LogP) is 2.60. The maximum Gasteiger partial charge on any atom is 0.124 e. The predicted molar refractivity (Wildman–Crippen MR) is 72.6 cm³/mol. The van der Waals surface area contributed by atoms with E-state index in [1.165, 1.54) is 5.69 Å². The Balaban J connectivity index is 2.09. The fraction of sp³-hybridized carbons (Fsp3) is 0.538. The summed E-state index contributed by atoms with van der Waals surface area (Å²) in [5, 5.41) is 12.2. The van der Waals surface area contributed by atoms with E-state index in [1.54, 1.807) is 0 Å². The summed E-state index contributed by atoms with van der Waals surface area (Å²) in [5.74, 6) is 1.06. The van der Waals surface area contributed by atoms with Gasteiger partial charge in [0.1, 0.15) is 5.82 Å². The minimum atomic E-state index is 0.384. The number of rotatable bonds is 5. The number of hydrogen-bond acceptors (Lipinski definition) is 3. The van der Waals surface area contributed by atoms with Gasteiger partial charge in [-0.25, -0.2) is 4.68 Å². The van der Waals surface area contributed by atoms with E-state index in [0.29, 0.717) is 6.04 Å². The van der Waals surface area contributed by atoms with Crippen LogP contribution >= 0.6 is 0 Å². The topological polar surface area (TPSA) is 47.7 Å². The van der Waals surface area contributed by atoms with Crippen molar-refractivity contribution < 1.29 is 0 Å². The Kier molecular flexibility index (Phi) is 3.69. The lowest BCUT2D eigenvalue weighted by molar-refractivity contribution is 0.512. The molecule has 18 heavy (non-hydrogen) atoms. The first-order chi connectivity index (χ1) is 8.61. The first kappa shape index (κ1) is 12.7. The first-order valence-electron chi connectivity index (χ1n) is 6.42. The van der Waals surface area contributed by atoms with Crippen LogP contribution in [0.5, 0.6) is 0 Å². The second-order valence-electron chi connectivity index (χ2n) is 4.70. The molecule has 0 saturated carbocycles. The van der Waals surface area contributed by atoms with E-state index < -0.39 is 0 Å². The molecule has 0 radical (unpaired) electrons. The quantitative estimate of drug-likeness (QED) is 0.883. The minimum absolute atomic E-state index is 0.384. The lowest BCUT2D eigenvalue weighted by Crippen LogP contribution is -2.12. The molecule has 5 heteroatoms. The van der Waals surface area contributed by atoms with Gasteiger partial charge in [-0.05, 0) is 33.8 Å². The molecule has 2 rings (SSSR count). The third-order valence-corrected chi connectivity index (χ3v) is 2.89. The van der Waals surface area contributed by atoms with Crippen molar-refractivity contribution in [1.82, 2.24) is 19.6 Å². The van der Waals surface area contributed by atoms with Gasteiger partial charge >= 0.3 is 0 Å². The SMILES string of the molecule is CCn1nc(C)cc1NCc1ccnn1C(C)C. The highest BCUT2D eigenvalue weighted by Crippen LogP contribution is 2.13. The fourth-order valence-corrected chi connectivity index (χ4v) is 2.06. The van der Waals surface area contributed by atoms with Crippen molar-refractivity contribution in [3.8, 4) is 0 Å². The molecule has 1 N–H and O–H groups in total. The number of aromatic nitrogens is 4. The lowest BCUT2D eigenvalue weighted by Gasteiger charge is -2.12. The molecule has 0 amide bonds. The van der Waals surface area contributed by atoms with E-state index >= 15 is 0 Å². The van der Waals surface area contributed by atoms with Crippen molar-refractivity contribution in [3.63, 3.8) is 0 Å². The van der Waals surface area contributed by atoms with Gasteiger partial charge in [0.05, 0.1) is 17.9 Å². The van der Waals surface area contributed by atoms with Gasteiger partial charge in [0.15, 0.2) is 0 Å². The first-order valence-corrected chi connectivity index (χ1v) is 6.42. The Morgan fingerprint density at radius 2 is 2.17 bits per heavy atom. The highest BCUT2D eigenvalue weighted by atomic mass is 15.3. The zero-order valence-corrected chi connectivity index (χ0v) is 11.5. The third kappa shape index (κ3) is 2.55. The molecule has 0 aromatic carbocycles. The van der Waals surface area contributed by atoms with Crippen molar-refractivity contribution >= 4 is 5.82 Å². The minimum Gasteiger partial charge on any atom is -0.365 e. The van der Waals surface area contributed by atoms with Crippen molar-refractivity contribution in [2.45, 2.75) is 46.8 Å². The molecule has 5 nitrogen and oxygen atoms in total. The van der Waals surface area contributed by atoms with Crippen molar-refractivity contribution in [3.05, 3.63) is 29.7 Å². The van der Waals surface area contributed by atoms with Crippen molar-refractivity contribution in [1.29, 1.82) is 0 Å². The second kappa shape index (κ2) is 5.25. The summed E-state index contributed by atoms with van der Waals surface area (Å²) in [6.07, 6.45) is 1.85. The summed E-state index contributed by atoms with van der Waals surface area (Å²) in [6.45, 7) is 10.0. The average molecular weight is 247 g/mol. The Morgan fingerprint density at radius 1 is 1.39 bits per heavy atom. The molecule has 0 unspecified atom stereocenters. The molecule has 2 heterocycles. The van der Waals surface area contributed by atoms with E-state index in [-0.39, 0.29) is 0 Å². The zero-order valence-electron chi connectivity index (χ0n) is 11.5. The van der Waals surface area contributed by atoms with Crippen molar-refractivity contribution in [2.75, 3.05) is 5.32 Å². The van der Waals surface area contributed by atoms with Crippen LogP contribution in [0, 0.1) is 6.92 Å². The van der Waals surface area contributed by atoms with E-state index in [9.17, 15) is 0 Å². The molecule has 0 saturated heterocycles. The van der Waals surface area contributed by atoms with Crippen LogP contribution in [0.2, 0.25) is 0 Å². The highest BCUT2D eigenvalue weighted by Gasteiger charge is 2.07. The van der Waals surface area contributed by atoms with Gasteiger partial charge in [0.2, 0.25) is 0 Å². The number of nitrogens with zero attached hydrogens (tertiary/aromatic N) is 4. The molecule has 0 fully saturated rings. The van der Waals surface area contributed by atoms with Gasteiger partial charge < -0.3 is 5.32 Å². The van der Waals surface area contributed by atoms with Gasteiger partial charge in [0, 0.05) is 24.8 Å². The molecule has 0 bridgehead atoms. The smallest absolute Gasteiger partial charge is 0.124 e. The summed E-state index contributed by atoms with van der Waals surface area (Å²) in [7, 11) is 0.